The third-order valence-electron chi connectivity index (χ3n) is 4.64. The van der Waals surface area contributed by atoms with Gasteiger partial charge in [0.1, 0.15) is 0 Å². The van der Waals surface area contributed by atoms with E-state index >= 15 is 0 Å². The average Bonchev–Trinajstić information content (AvgIpc) is 2.86. The van der Waals surface area contributed by atoms with Crippen LogP contribution in [0.5, 0.6) is 0 Å². The summed E-state index contributed by atoms with van der Waals surface area (Å²) < 4.78 is 0. The minimum Gasteiger partial charge on any atom is -0.339 e. The second-order valence-electron chi connectivity index (χ2n) is 6.09. The lowest BCUT2D eigenvalue weighted by atomic mass is 10.00. The van der Waals surface area contributed by atoms with E-state index in [1.165, 1.54) is 25.7 Å². The third kappa shape index (κ3) is 4.61. The molecular formula is C15H30ClN3O. The minimum atomic E-state index is 0. The minimum absolute atomic E-state index is 0. The number of hydrogen-bond donors (Lipinski definition) is 1. The fourth-order valence-corrected chi connectivity index (χ4v) is 3.55. The standard InChI is InChI=1S/C15H29N3O.ClH/c1-3-14-6-4-5-8-18(14)15(19)12-17-9-7-13(11-17)10-16-2;/h13-14,16H,3-12H2,1-2H3;1H. The van der Waals surface area contributed by atoms with Crippen molar-refractivity contribution in [3.63, 3.8) is 0 Å². The molecule has 2 aliphatic heterocycles. The van der Waals surface area contributed by atoms with Gasteiger partial charge in [-0.2, -0.15) is 0 Å². The smallest absolute Gasteiger partial charge is 0.236 e. The molecule has 2 unspecified atom stereocenters. The van der Waals surface area contributed by atoms with Crippen molar-refractivity contribution in [1.82, 2.24) is 15.1 Å². The Morgan fingerprint density at radius 1 is 1.25 bits per heavy atom. The van der Waals surface area contributed by atoms with Crippen LogP contribution in [0.25, 0.3) is 0 Å². The Bertz CT molecular complexity index is 301. The molecule has 5 heteroatoms. The molecular weight excluding hydrogens is 274 g/mol. The van der Waals surface area contributed by atoms with Crippen LogP contribution < -0.4 is 5.32 Å². The lowest BCUT2D eigenvalue weighted by Crippen LogP contribution is -2.47. The van der Waals surface area contributed by atoms with E-state index < -0.39 is 0 Å². The van der Waals surface area contributed by atoms with Crippen molar-refractivity contribution in [3.05, 3.63) is 0 Å². The number of rotatable bonds is 5. The lowest BCUT2D eigenvalue weighted by Gasteiger charge is -2.36. The Hall–Kier alpha value is -0.320. The van der Waals surface area contributed by atoms with Gasteiger partial charge in [-0.25, -0.2) is 0 Å². The maximum atomic E-state index is 12.5. The van der Waals surface area contributed by atoms with Crippen LogP contribution in [0.2, 0.25) is 0 Å². The van der Waals surface area contributed by atoms with Crippen molar-refractivity contribution in [2.45, 2.75) is 45.1 Å². The average molecular weight is 304 g/mol. The molecule has 0 aromatic rings. The number of piperidine rings is 1. The van der Waals surface area contributed by atoms with Crippen molar-refractivity contribution < 1.29 is 4.79 Å². The molecule has 118 valence electrons. The zero-order valence-corrected chi connectivity index (χ0v) is 13.8. The monoisotopic (exact) mass is 303 g/mol. The van der Waals surface area contributed by atoms with Crippen molar-refractivity contribution in [2.24, 2.45) is 5.92 Å². The highest BCUT2D eigenvalue weighted by Crippen LogP contribution is 2.21. The first-order valence-electron chi connectivity index (χ1n) is 7.91. The predicted octanol–water partition coefficient (Wildman–Crippen LogP) is 1.74. The number of nitrogens with one attached hydrogen (secondary N) is 1. The van der Waals surface area contributed by atoms with E-state index in [0.29, 0.717) is 18.5 Å². The Labute approximate surface area is 129 Å². The molecule has 0 radical (unpaired) electrons. The second kappa shape index (κ2) is 8.85. The fourth-order valence-electron chi connectivity index (χ4n) is 3.55. The number of nitrogens with zero attached hydrogens (tertiary/aromatic N) is 2. The van der Waals surface area contributed by atoms with Crippen molar-refractivity contribution >= 4 is 18.3 Å². The molecule has 2 heterocycles. The van der Waals surface area contributed by atoms with Crippen molar-refractivity contribution in [2.75, 3.05) is 39.8 Å². The number of amides is 1. The molecule has 0 saturated carbocycles. The Balaban J connectivity index is 0.00000200. The van der Waals surface area contributed by atoms with E-state index in [1.54, 1.807) is 0 Å². The summed E-state index contributed by atoms with van der Waals surface area (Å²) in [4.78, 5) is 16.9. The van der Waals surface area contributed by atoms with Gasteiger partial charge >= 0.3 is 0 Å². The highest BCUT2D eigenvalue weighted by molar-refractivity contribution is 5.85. The molecule has 2 aliphatic rings. The lowest BCUT2D eigenvalue weighted by molar-refractivity contribution is -0.136. The number of carbonyl (C=O) groups excluding carboxylic acids is 1. The van der Waals surface area contributed by atoms with Gasteiger partial charge in [0.15, 0.2) is 0 Å². The molecule has 0 spiro atoms. The van der Waals surface area contributed by atoms with Gasteiger partial charge in [0, 0.05) is 19.1 Å². The Morgan fingerprint density at radius 3 is 2.75 bits per heavy atom. The molecule has 2 fully saturated rings. The molecule has 0 bridgehead atoms. The van der Waals surface area contributed by atoms with E-state index in [4.69, 9.17) is 0 Å². The van der Waals surface area contributed by atoms with E-state index in [0.717, 1.165) is 38.5 Å². The number of hydrogen-bond acceptors (Lipinski definition) is 3. The van der Waals surface area contributed by atoms with Crippen LogP contribution in [0.4, 0.5) is 0 Å². The molecule has 0 aromatic carbocycles. The number of halogens is 1. The van der Waals surface area contributed by atoms with Gasteiger partial charge in [-0.1, -0.05) is 6.92 Å². The maximum Gasteiger partial charge on any atom is 0.236 e. The van der Waals surface area contributed by atoms with E-state index in [1.807, 2.05) is 7.05 Å². The zero-order chi connectivity index (χ0) is 13.7. The SMILES string of the molecule is CCC1CCCCN1C(=O)CN1CCC(CNC)C1.Cl. The Morgan fingerprint density at radius 2 is 2.05 bits per heavy atom. The Kier molecular flexibility index (Phi) is 7.85. The summed E-state index contributed by atoms with van der Waals surface area (Å²) in [5, 5.41) is 3.24. The summed E-state index contributed by atoms with van der Waals surface area (Å²) in [6.45, 7) is 7.06. The molecule has 2 rings (SSSR count). The van der Waals surface area contributed by atoms with Crippen LogP contribution in [0, 0.1) is 5.92 Å². The topological polar surface area (TPSA) is 35.6 Å². The first kappa shape index (κ1) is 17.7. The van der Waals surface area contributed by atoms with Crippen LogP contribution in [0.3, 0.4) is 0 Å². The largest absolute Gasteiger partial charge is 0.339 e. The molecule has 2 atom stereocenters. The summed E-state index contributed by atoms with van der Waals surface area (Å²) in [5.41, 5.74) is 0. The van der Waals surface area contributed by atoms with E-state index in [9.17, 15) is 4.79 Å². The van der Waals surface area contributed by atoms with Gasteiger partial charge in [-0.05, 0) is 58.2 Å². The number of likely N-dealkylation sites (tertiary alicyclic amines) is 2. The summed E-state index contributed by atoms with van der Waals surface area (Å²) in [5.74, 6) is 1.08. The van der Waals surface area contributed by atoms with Crippen molar-refractivity contribution in [1.29, 1.82) is 0 Å². The van der Waals surface area contributed by atoms with Crippen LogP contribution in [0.15, 0.2) is 0 Å². The number of carbonyl (C=O) groups is 1. The quantitative estimate of drug-likeness (QED) is 0.840. The first-order valence-corrected chi connectivity index (χ1v) is 7.91. The molecule has 4 nitrogen and oxygen atoms in total. The predicted molar refractivity (Wildman–Crippen MR) is 85.4 cm³/mol. The molecule has 0 aromatic heterocycles. The normalized spacial score (nSPS) is 27.4. The molecule has 1 amide bonds. The molecule has 20 heavy (non-hydrogen) atoms. The second-order valence-corrected chi connectivity index (χ2v) is 6.09. The summed E-state index contributed by atoms with van der Waals surface area (Å²) in [7, 11) is 2.01. The first-order chi connectivity index (χ1) is 9.24. The zero-order valence-electron chi connectivity index (χ0n) is 12.9. The fraction of sp³-hybridized carbons (Fsp3) is 0.933. The van der Waals surface area contributed by atoms with E-state index in [2.05, 4.69) is 22.0 Å². The van der Waals surface area contributed by atoms with Gasteiger partial charge in [0.05, 0.1) is 6.54 Å². The van der Waals surface area contributed by atoms with Crippen LogP contribution in [-0.4, -0.2) is 61.5 Å². The summed E-state index contributed by atoms with van der Waals surface area (Å²) in [6.07, 6.45) is 6.00. The van der Waals surface area contributed by atoms with Crippen LogP contribution in [0.1, 0.15) is 39.0 Å². The van der Waals surface area contributed by atoms with Crippen LogP contribution in [-0.2, 0) is 4.79 Å². The van der Waals surface area contributed by atoms with Gasteiger partial charge in [-0.15, -0.1) is 12.4 Å². The summed E-state index contributed by atoms with van der Waals surface area (Å²) in [6, 6.07) is 0.497. The van der Waals surface area contributed by atoms with Gasteiger partial charge in [0.25, 0.3) is 0 Å². The van der Waals surface area contributed by atoms with Crippen LogP contribution >= 0.6 is 12.4 Å². The maximum absolute atomic E-state index is 12.5. The summed E-state index contributed by atoms with van der Waals surface area (Å²) >= 11 is 0. The molecule has 2 saturated heterocycles. The van der Waals surface area contributed by atoms with Crippen molar-refractivity contribution in [3.8, 4) is 0 Å². The highest BCUT2D eigenvalue weighted by atomic mass is 35.5. The highest BCUT2D eigenvalue weighted by Gasteiger charge is 2.29. The molecule has 1 N–H and O–H groups in total. The van der Waals surface area contributed by atoms with Gasteiger partial charge < -0.3 is 10.2 Å². The van der Waals surface area contributed by atoms with Gasteiger partial charge in [-0.3, -0.25) is 9.69 Å². The third-order valence-corrected chi connectivity index (χ3v) is 4.64. The van der Waals surface area contributed by atoms with Gasteiger partial charge in [0.2, 0.25) is 5.91 Å². The molecule has 0 aliphatic carbocycles. The van der Waals surface area contributed by atoms with E-state index in [-0.39, 0.29) is 12.4 Å².